The molecule has 0 saturated carbocycles. The molecule has 0 amide bonds. The highest BCUT2D eigenvalue weighted by Crippen LogP contribution is 2.11. The molecule has 5 nitrogen and oxygen atoms in total. The summed E-state index contributed by atoms with van der Waals surface area (Å²) in [6, 6.07) is 4.34. The van der Waals surface area contributed by atoms with Crippen LogP contribution in [0.4, 0.5) is 0 Å². The van der Waals surface area contributed by atoms with E-state index in [0.717, 1.165) is 31.8 Å². The van der Waals surface area contributed by atoms with Crippen molar-refractivity contribution >= 4 is 0 Å². The molecular formula is C16H24N4O. The van der Waals surface area contributed by atoms with Gasteiger partial charge in [0.05, 0.1) is 7.11 Å². The fourth-order valence-corrected chi connectivity index (χ4v) is 2.48. The first-order valence-electron chi connectivity index (χ1n) is 7.49. The molecule has 5 heteroatoms. The van der Waals surface area contributed by atoms with Gasteiger partial charge in [-0.1, -0.05) is 13.0 Å². The van der Waals surface area contributed by atoms with Crippen LogP contribution in [0.15, 0.2) is 30.7 Å². The molecule has 21 heavy (non-hydrogen) atoms. The van der Waals surface area contributed by atoms with Crippen LogP contribution in [0, 0.1) is 0 Å². The molecule has 2 aromatic rings. The average molecular weight is 288 g/mol. The Balaban J connectivity index is 2.04. The quantitative estimate of drug-likeness (QED) is 0.808. The third-order valence-electron chi connectivity index (χ3n) is 3.55. The van der Waals surface area contributed by atoms with Gasteiger partial charge in [-0.05, 0) is 25.5 Å². The molecule has 0 fully saturated rings. The summed E-state index contributed by atoms with van der Waals surface area (Å²) in [5.41, 5.74) is 1.20. The number of imidazole rings is 1. The number of hydrogen-bond acceptors (Lipinski definition) is 4. The van der Waals surface area contributed by atoms with Crippen LogP contribution >= 0.6 is 0 Å². The molecule has 114 valence electrons. The minimum Gasteiger partial charge on any atom is -0.481 e. The van der Waals surface area contributed by atoms with Crippen molar-refractivity contribution in [3.8, 4) is 5.88 Å². The van der Waals surface area contributed by atoms with Crippen molar-refractivity contribution in [1.29, 1.82) is 0 Å². The maximum Gasteiger partial charge on any atom is 0.212 e. The summed E-state index contributed by atoms with van der Waals surface area (Å²) >= 11 is 0. The molecule has 2 heterocycles. The smallest absolute Gasteiger partial charge is 0.212 e. The van der Waals surface area contributed by atoms with Gasteiger partial charge < -0.3 is 14.6 Å². The summed E-state index contributed by atoms with van der Waals surface area (Å²) in [6.07, 6.45) is 7.64. The molecule has 0 aliphatic heterocycles. The number of aryl methyl sites for hydroxylation is 1. The van der Waals surface area contributed by atoms with Crippen molar-refractivity contribution in [2.45, 2.75) is 39.3 Å². The molecule has 0 aliphatic rings. The predicted octanol–water partition coefficient (Wildman–Crippen LogP) is 2.07. The fourth-order valence-electron chi connectivity index (χ4n) is 2.48. The lowest BCUT2D eigenvalue weighted by Gasteiger charge is -2.18. The van der Waals surface area contributed by atoms with Crippen LogP contribution in [0.2, 0.25) is 0 Å². The predicted molar refractivity (Wildman–Crippen MR) is 83.6 cm³/mol. The van der Waals surface area contributed by atoms with E-state index in [1.807, 2.05) is 24.7 Å². The van der Waals surface area contributed by atoms with E-state index in [2.05, 4.69) is 39.8 Å². The molecule has 1 unspecified atom stereocenters. The van der Waals surface area contributed by atoms with Crippen molar-refractivity contribution in [3.05, 3.63) is 42.1 Å². The van der Waals surface area contributed by atoms with Crippen LogP contribution < -0.4 is 10.1 Å². The highest BCUT2D eigenvalue weighted by atomic mass is 16.5. The number of likely N-dealkylation sites (N-methyl/N-ethyl adjacent to an activating group) is 1. The highest BCUT2D eigenvalue weighted by molar-refractivity contribution is 5.19. The van der Waals surface area contributed by atoms with Gasteiger partial charge in [-0.25, -0.2) is 9.97 Å². The van der Waals surface area contributed by atoms with Gasteiger partial charge in [-0.15, -0.1) is 0 Å². The Morgan fingerprint density at radius 2 is 2.10 bits per heavy atom. The zero-order valence-electron chi connectivity index (χ0n) is 13.0. The van der Waals surface area contributed by atoms with E-state index in [1.165, 1.54) is 5.56 Å². The van der Waals surface area contributed by atoms with Crippen molar-refractivity contribution in [1.82, 2.24) is 19.9 Å². The van der Waals surface area contributed by atoms with Gasteiger partial charge in [0.15, 0.2) is 0 Å². The molecule has 1 N–H and O–H groups in total. The zero-order valence-corrected chi connectivity index (χ0v) is 13.0. The second kappa shape index (κ2) is 7.78. The number of nitrogens with one attached hydrogen (secondary N) is 1. The SMILES string of the molecule is CCNC(Cc1ccc(OC)nc1)Cc1nccn1CC. The Morgan fingerprint density at radius 3 is 2.71 bits per heavy atom. The molecular weight excluding hydrogens is 264 g/mol. The Labute approximate surface area is 126 Å². The molecule has 0 aliphatic carbocycles. The number of rotatable bonds is 8. The highest BCUT2D eigenvalue weighted by Gasteiger charge is 2.13. The lowest BCUT2D eigenvalue weighted by molar-refractivity contribution is 0.397. The number of aromatic nitrogens is 3. The van der Waals surface area contributed by atoms with Crippen LogP contribution in [0.1, 0.15) is 25.2 Å². The van der Waals surface area contributed by atoms with E-state index in [1.54, 1.807) is 7.11 Å². The van der Waals surface area contributed by atoms with Crippen molar-refractivity contribution in [3.63, 3.8) is 0 Å². The monoisotopic (exact) mass is 288 g/mol. The lowest BCUT2D eigenvalue weighted by atomic mass is 10.0. The topological polar surface area (TPSA) is 52.0 Å². The summed E-state index contributed by atoms with van der Waals surface area (Å²) in [5.74, 6) is 1.78. The van der Waals surface area contributed by atoms with Crippen LogP contribution in [0.3, 0.4) is 0 Å². The summed E-state index contributed by atoms with van der Waals surface area (Å²) < 4.78 is 7.29. The Hall–Kier alpha value is -1.88. The minimum atomic E-state index is 0.359. The number of pyridine rings is 1. The number of ether oxygens (including phenoxy) is 1. The van der Waals surface area contributed by atoms with Crippen LogP contribution in [-0.2, 0) is 19.4 Å². The summed E-state index contributed by atoms with van der Waals surface area (Å²) in [7, 11) is 1.63. The maximum atomic E-state index is 5.10. The van der Waals surface area contributed by atoms with E-state index in [4.69, 9.17) is 4.74 Å². The normalized spacial score (nSPS) is 12.3. The van der Waals surface area contributed by atoms with Gasteiger partial charge in [-0.3, -0.25) is 0 Å². The third kappa shape index (κ3) is 4.29. The van der Waals surface area contributed by atoms with Crippen LogP contribution in [0.25, 0.3) is 0 Å². The van der Waals surface area contributed by atoms with Gasteiger partial charge in [0.2, 0.25) is 5.88 Å². The van der Waals surface area contributed by atoms with E-state index >= 15 is 0 Å². The van der Waals surface area contributed by atoms with Gasteiger partial charge >= 0.3 is 0 Å². The first kappa shape index (κ1) is 15.5. The zero-order chi connectivity index (χ0) is 15.1. The van der Waals surface area contributed by atoms with Crippen LogP contribution in [0.5, 0.6) is 5.88 Å². The van der Waals surface area contributed by atoms with E-state index in [0.29, 0.717) is 11.9 Å². The van der Waals surface area contributed by atoms with Gasteiger partial charge in [-0.2, -0.15) is 0 Å². The minimum absolute atomic E-state index is 0.359. The molecule has 1 atom stereocenters. The Kier molecular flexibility index (Phi) is 5.75. The van der Waals surface area contributed by atoms with Crippen molar-refractivity contribution in [2.75, 3.05) is 13.7 Å². The first-order valence-corrected chi connectivity index (χ1v) is 7.49. The molecule has 0 spiro atoms. The molecule has 2 aromatic heterocycles. The first-order chi connectivity index (χ1) is 10.3. The Bertz CT molecular complexity index is 535. The standard InChI is InChI=1S/C16H24N4O/c1-4-17-14(11-15-18-8-9-20(15)5-2)10-13-6-7-16(21-3)19-12-13/h6-9,12,14,17H,4-5,10-11H2,1-3H3. The molecule has 2 rings (SSSR count). The summed E-state index contributed by atoms with van der Waals surface area (Å²) in [4.78, 5) is 8.74. The second-order valence-corrected chi connectivity index (χ2v) is 5.00. The molecule has 0 aromatic carbocycles. The average Bonchev–Trinajstić information content (AvgIpc) is 2.95. The summed E-state index contributed by atoms with van der Waals surface area (Å²) in [6.45, 7) is 6.17. The van der Waals surface area contributed by atoms with Crippen molar-refractivity contribution < 1.29 is 4.74 Å². The van der Waals surface area contributed by atoms with E-state index in [-0.39, 0.29) is 0 Å². The largest absolute Gasteiger partial charge is 0.481 e. The van der Waals surface area contributed by atoms with Gasteiger partial charge in [0.25, 0.3) is 0 Å². The van der Waals surface area contributed by atoms with Crippen molar-refractivity contribution in [2.24, 2.45) is 0 Å². The van der Waals surface area contributed by atoms with Crippen LogP contribution in [-0.4, -0.2) is 34.2 Å². The van der Waals surface area contributed by atoms with Gasteiger partial charge in [0.1, 0.15) is 5.82 Å². The van der Waals surface area contributed by atoms with E-state index in [9.17, 15) is 0 Å². The van der Waals surface area contributed by atoms with Gasteiger partial charge in [0, 0.05) is 43.7 Å². The number of methoxy groups -OCH3 is 1. The third-order valence-corrected chi connectivity index (χ3v) is 3.55. The molecule has 0 saturated heterocycles. The Morgan fingerprint density at radius 1 is 1.24 bits per heavy atom. The second-order valence-electron chi connectivity index (χ2n) is 5.00. The molecule has 0 radical (unpaired) electrons. The van der Waals surface area contributed by atoms with E-state index < -0.39 is 0 Å². The maximum absolute atomic E-state index is 5.10. The number of nitrogens with zero attached hydrogens (tertiary/aromatic N) is 3. The fraction of sp³-hybridized carbons (Fsp3) is 0.500. The summed E-state index contributed by atoms with van der Waals surface area (Å²) in [5, 5.41) is 3.54. The number of hydrogen-bond donors (Lipinski definition) is 1. The molecule has 0 bridgehead atoms. The lowest BCUT2D eigenvalue weighted by Crippen LogP contribution is -2.34.